The van der Waals surface area contributed by atoms with Gasteiger partial charge in [-0.25, -0.2) is 36.8 Å². The first-order valence-corrected chi connectivity index (χ1v) is 31.6. The lowest BCUT2D eigenvalue weighted by Gasteiger charge is -2.31. The summed E-state index contributed by atoms with van der Waals surface area (Å²) < 4.78 is 184. The molecule has 6 aromatic heterocycles. The molecule has 1 amide bonds. The minimum absolute atomic E-state index is 0.0330. The number of methoxy groups -OCH3 is 1. The van der Waals surface area contributed by atoms with Gasteiger partial charge in [0.05, 0.1) is 92.6 Å². The van der Waals surface area contributed by atoms with Crippen molar-refractivity contribution in [2.75, 3.05) is 7.11 Å². The molecule has 0 aliphatic rings. The molecule has 15 rings (SSSR count). The van der Waals surface area contributed by atoms with Gasteiger partial charge in [0.15, 0.2) is 0 Å². The normalized spacial score (nSPS) is 13.8. The highest BCUT2D eigenvalue weighted by Gasteiger charge is 2.60. The van der Waals surface area contributed by atoms with Crippen LogP contribution >= 0.6 is 0 Å². The Hall–Kier alpha value is -12.5. The Bertz CT molecular complexity index is 5730. The van der Waals surface area contributed by atoms with Crippen LogP contribution in [0.4, 0.5) is 52.7 Å². The zero-order chi connectivity index (χ0) is 76.1. The number of carbonyl (C=O) groups excluding carboxylic acids is 2. The molecule has 0 saturated heterocycles. The summed E-state index contributed by atoms with van der Waals surface area (Å²) in [5.74, 6) is -4.11. The van der Waals surface area contributed by atoms with Gasteiger partial charge < -0.3 is 44.6 Å². The van der Waals surface area contributed by atoms with E-state index in [0.29, 0.717) is 49.8 Å². The summed E-state index contributed by atoms with van der Waals surface area (Å²) >= 11 is 0. The summed E-state index contributed by atoms with van der Waals surface area (Å²) in [5.41, 5.74) is -4.13. The molecule has 0 radical (unpaired) electrons. The molecule has 540 valence electrons. The quantitative estimate of drug-likeness (QED) is 0.0570. The van der Waals surface area contributed by atoms with E-state index >= 15 is 0 Å². The SMILES string of the molecule is COC(=O)c1cccc2c(C(O)(c3ccc4c(cnn4-c4ccc(F)cc4)c3)C(F)(F)F)cn(C)c12.Cn1cc(C(O)(c2ccc3c(cnn3-c3ccc(F)cc3)c2)C(F)(F)F)c2cccc(C(=O)O)c21.Cn1cc(C(O)(c2ccc3c(cnn3-c3ccc(F)cc3)c2)C(F)(F)F)c2cccc(C(N)=O)c21. The van der Waals surface area contributed by atoms with Crippen LogP contribution in [-0.2, 0) is 42.7 Å². The Labute approximate surface area is 589 Å². The summed E-state index contributed by atoms with van der Waals surface area (Å²) in [5, 5.41) is 57.2. The molecule has 0 bridgehead atoms. The number of aromatic carboxylic acids is 1. The Morgan fingerprint density at radius 2 is 0.689 bits per heavy atom. The molecule has 0 saturated carbocycles. The number of para-hydroxylation sites is 3. The third-order valence-corrected chi connectivity index (χ3v) is 18.5. The fraction of sp³-hybridized carbons (Fsp3) is 0.132. The van der Waals surface area contributed by atoms with Gasteiger partial charge in [0.1, 0.15) is 17.5 Å². The van der Waals surface area contributed by atoms with Crippen LogP contribution in [0, 0.1) is 17.5 Å². The minimum Gasteiger partial charge on any atom is -0.478 e. The standard InChI is InChI=1S/C26H19F4N3O3.C25H18F4N4O2.C25H17F4N3O3/c1-32-14-21(19-4-3-5-20(23(19)32)24(34)36-2)25(35,26(28,29)30)16-6-11-22-15(12-16)13-31-33(22)18-9-7-17(27)8-10-18;1-32-13-20(18-3-2-4-19(22(18)32)23(30)34)24(35,25(27,28)29)15-5-10-21-14(11-15)12-31-33(21)17-8-6-16(26)7-9-17;1-31-13-20(18-3-2-4-19(22(18)31)23(33)34)24(35,25(27,28)29)15-5-10-21-14(11-15)12-30-32(21)17-8-6-16(26)7-9-17/h3-14,35H,1-2H3;2-13,35H,1H3,(H2,30,34);2-13,35H,1H3,(H,33,34). The molecule has 15 aromatic rings. The second kappa shape index (κ2) is 26.3. The molecule has 3 atom stereocenters. The molecule has 106 heavy (non-hydrogen) atoms. The Morgan fingerprint density at radius 1 is 0.406 bits per heavy atom. The highest BCUT2D eigenvalue weighted by molar-refractivity contribution is 6.07. The summed E-state index contributed by atoms with van der Waals surface area (Å²) in [4.78, 5) is 35.8. The van der Waals surface area contributed by atoms with Crippen molar-refractivity contribution in [3.05, 3.63) is 287 Å². The van der Waals surface area contributed by atoms with Gasteiger partial charge in [-0.3, -0.25) is 4.79 Å². The maximum absolute atomic E-state index is 14.6. The number of hydrogen-bond donors (Lipinski definition) is 5. The van der Waals surface area contributed by atoms with Crippen LogP contribution in [-0.4, -0.2) is 107 Å². The van der Waals surface area contributed by atoms with Crippen molar-refractivity contribution in [3.63, 3.8) is 0 Å². The number of aromatic nitrogens is 9. The average Bonchev–Trinajstić information content (AvgIpc) is 1.53. The highest BCUT2D eigenvalue weighted by Crippen LogP contribution is 2.51. The number of ether oxygens (including phenoxy) is 1. The number of aliphatic hydroxyl groups is 3. The average molecular weight is 1460 g/mol. The fourth-order valence-electron chi connectivity index (χ4n) is 13.5. The van der Waals surface area contributed by atoms with E-state index < -0.39 is 104 Å². The molecule has 6 N–H and O–H groups in total. The number of esters is 1. The van der Waals surface area contributed by atoms with Gasteiger partial charge in [-0.2, -0.15) is 54.8 Å². The topological polar surface area (TPSA) is 236 Å². The van der Waals surface area contributed by atoms with Gasteiger partial charge in [-0.1, -0.05) is 54.6 Å². The number of carboxylic acids is 1. The van der Waals surface area contributed by atoms with Crippen molar-refractivity contribution in [2.24, 2.45) is 26.9 Å². The molecule has 0 aliphatic heterocycles. The Balaban J connectivity index is 0.000000141. The van der Waals surface area contributed by atoms with E-state index in [2.05, 4.69) is 15.3 Å². The number of rotatable bonds is 12. The number of nitrogens with two attached hydrogens (primary N) is 1. The van der Waals surface area contributed by atoms with Crippen LogP contribution in [0.5, 0.6) is 0 Å². The number of nitrogens with zero attached hydrogens (tertiary/aromatic N) is 9. The molecule has 30 heteroatoms. The largest absolute Gasteiger partial charge is 0.478 e. The monoisotopic (exact) mass is 1460 g/mol. The van der Waals surface area contributed by atoms with E-state index in [9.17, 15) is 87.5 Å². The first kappa shape index (κ1) is 71.8. The second-order valence-electron chi connectivity index (χ2n) is 24.8. The lowest BCUT2D eigenvalue weighted by molar-refractivity contribution is -0.248. The van der Waals surface area contributed by atoms with E-state index in [0.717, 1.165) is 24.7 Å². The lowest BCUT2D eigenvalue weighted by Crippen LogP contribution is -2.43. The maximum Gasteiger partial charge on any atom is 0.425 e. The van der Waals surface area contributed by atoms with Gasteiger partial charge in [-0.15, -0.1) is 0 Å². The van der Waals surface area contributed by atoms with Gasteiger partial charge in [-0.05, 0) is 144 Å². The molecule has 3 unspecified atom stereocenters. The first-order chi connectivity index (χ1) is 50.1. The zero-order valence-electron chi connectivity index (χ0n) is 55.3. The molecule has 9 aromatic carbocycles. The highest BCUT2D eigenvalue weighted by atomic mass is 19.4. The number of aryl methyl sites for hydroxylation is 3. The minimum atomic E-state index is -5.14. The zero-order valence-corrected chi connectivity index (χ0v) is 55.3. The van der Waals surface area contributed by atoms with E-state index in [-0.39, 0.29) is 49.4 Å². The predicted octanol–water partition coefficient (Wildman–Crippen LogP) is 14.9. The van der Waals surface area contributed by atoms with Crippen LogP contribution < -0.4 is 5.73 Å². The first-order valence-electron chi connectivity index (χ1n) is 31.6. The van der Waals surface area contributed by atoms with Crippen molar-refractivity contribution in [2.45, 2.75) is 35.3 Å². The van der Waals surface area contributed by atoms with Gasteiger partial charge >= 0.3 is 30.5 Å². The third-order valence-electron chi connectivity index (χ3n) is 18.5. The van der Waals surface area contributed by atoms with Gasteiger partial charge in [0, 0.05) is 88.7 Å². The molecular formula is C76H54F12N10O8. The number of carboxylic acid groups (broad SMARTS) is 1. The fourth-order valence-corrected chi connectivity index (χ4v) is 13.5. The summed E-state index contributed by atoms with van der Waals surface area (Å²) in [6.45, 7) is 0. The maximum atomic E-state index is 14.6. The van der Waals surface area contributed by atoms with Gasteiger partial charge in [0.25, 0.3) is 5.91 Å². The molecular weight excluding hydrogens is 1410 g/mol. The van der Waals surface area contributed by atoms with E-state index in [1.54, 1.807) is 0 Å². The third kappa shape index (κ3) is 11.9. The molecule has 6 heterocycles. The van der Waals surface area contributed by atoms with E-state index in [1.807, 2.05) is 0 Å². The number of carbonyl (C=O) groups is 3. The van der Waals surface area contributed by atoms with Crippen LogP contribution in [0.1, 0.15) is 64.5 Å². The number of alkyl halides is 9. The van der Waals surface area contributed by atoms with Crippen LogP contribution in [0.3, 0.4) is 0 Å². The number of amides is 1. The number of hydrogen-bond acceptors (Lipinski definition) is 10. The molecule has 0 spiro atoms. The van der Waals surface area contributed by atoms with Crippen LogP contribution in [0.2, 0.25) is 0 Å². The van der Waals surface area contributed by atoms with Crippen molar-refractivity contribution < 1.29 is 92.2 Å². The van der Waals surface area contributed by atoms with Crippen molar-refractivity contribution in [3.8, 4) is 17.1 Å². The Kier molecular flexibility index (Phi) is 17.8. The summed E-state index contributed by atoms with van der Waals surface area (Å²) in [6, 6.07) is 40.3. The van der Waals surface area contributed by atoms with Crippen LogP contribution in [0.15, 0.2) is 219 Å². The van der Waals surface area contributed by atoms with E-state index in [4.69, 9.17) is 10.5 Å². The molecule has 0 aliphatic carbocycles. The molecule has 0 fully saturated rings. The van der Waals surface area contributed by atoms with Crippen molar-refractivity contribution >= 4 is 83.3 Å². The second-order valence-corrected chi connectivity index (χ2v) is 24.8. The summed E-state index contributed by atoms with van der Waals surface area (Å²) in [7, 11) is 5.57. The van der Waals surface area contributed by atoms with Crippen LogP contribution in [0.25, 0.3) is 82.5 Å². The predicted molar refractivity (Wildman–Crippen MR) is 366 cm³/mol. The van der Waals surface area contributed by atoms with Gasteiger partial charge in [0.2, 0.25) is 16.8 Å². The number of primary amides is 1. The summed E-state index contributed by atoms with van der Waals surface area (Å²) in [6.07, 6.45) is -7.85. The lowest BCUT2D eigenvalue weighted by atomic mass is 9.84. The molecule has 18 nitrogen and oxygen atoms in total. The van der Waals surface area contributed by atoms with Crippen molar-refractivity contribution in [1.29, 1.82) is 0 Å². The number of benzene rings is 9. The number of fused-ring (bicyclic) bond motifs is 6. The smallest absolute Gasteiger partial charge is 0.425 e. The Morgan fingerprint density at radius 3 is 0.972 bits per heavy atom. The van der Waals surface area contributed by atoms with Crippen molar-refractivity contribution in [1.82, 2.24) is 43.0 Å². The van der Waals surface area contributed by atoms with E-state index in [1.165, 1.54) is 251 Å². The number of halogens is 12.